The lowest BCUT2D eigenvalue weighted by Gasteiger charge is -2.13. The van der Waals surface area contributed by atoms with Gasteiger partial charge in [-0.2, -0.15) is 0 Å². The quantitative estimate of drug-likeness (QED) is 0.423. The second-order valence-electron chi connectivity index (χ2n) is 5.08. The van der Waals surface area contributed by atoms with Crippen molar-refractivity contribution in [2.24, 2.45) is 0 Å². The summed E-state index contributed by atoms with van der Waals surface area (Å²) >= 11 is 0. The summed E-state index contributed by atoms with van der Waals surface area (Å²) in [7, 11) is 0. The maximum absolute atomic E-state index is 11.1. The van der Waals surface area contributed by atoms with E-state index in [0.717, 1.165) is 12.8 Å². The normalized spacial score (nSPS) is 12.8. The van der Waals surface area contributed by atoms with Gasteiger partial charge in [0, 0.05) is 13.0 Å². The van der Waals surface area contributed by atoms with E-state index in [1.807, 2.05) is 0 Å². The van der Waals surface area contributed by atoms with Gasteiger partial charge in [-0.25, -0.2) is 0 Å². The molecule has 0 aliphatic heterocycles. The highest BCUT2D eigenvalue weighted by atomic mass is 16.1. The largest absolute Gasteiger partial charge is 0.350 e. The summed E-state index contributed by atoms with van der Waals surface area (Å²) in [5.74, 6) is 0.0760. The van der Waals surface area contributed by atoms with Gasteiger partial charge in [0.2, 0.25) is 5.91 Å². The van der Waals surface area contributed by atoms with Crippen LogP contribution in [0.25, 0.3) is 0 Å². The first-order valence-electron chi connectivity index (χ1n) is 7.64. The van der Waals surface area contributed by atoms with Crippen LogP contribution < -0.4 is 5.32 Å². The zero-order valence-electron chi connectivity index (χ0n) is 12.5. The molecule has 0 radical (unpaired) electrons. The second kappa shape index (κ2) is 12.7. The topological polar surface area (TPSA) is 29.1 Å². The number of carbonyl (C=O) groups is 1. The first-order chi connectivity index (χ1) is 8.70. The number of hydrogen-bond acceptors (Lipinski definition) is 1. The molecule has 0 aliphatic rings. The highest BCUT2D eigenvalue weighted by molar-refractivity contribution is 5.73. The first-order valence-corrected chi connectivity index (χ1v) is 7.64. The van der Waals surface area contributed by atoms with Crippen molar-refractivity contribution in [3.8, 4) is 0 Å². The summed E-state index contributed by atoms with van der Waals surface area (Å²) in [6.45, 7) is 6.04. The van der Waals surface area contributed by atoms with Gasteiger partial charge in [0.05, 0.1) is 0 Å². The number of carbonyl (C=O) groups excluding carboxylic acids is 1. The van der Waals surface area contributed by atoms with Gasteiger partial charge in [-0.15, -0.1) is 0 Å². The van der Waals surface area contributed by atoms with Gasteiger partial charge in [0.25, 0.3) is 0 Å². The van der Waals surface area contributed by atoms with E-state index < -0.39 is 0 Å². The fourth-order valence-corrected chi connectivity index (χ4v) is 2.04. The van der Waals surface area contributed by atoms with Crippen molar-refractivity contribution in [1.29, 1.82) is 0 Å². The van der Waals surface area contributed by atoms with Gasteiger partial charge in [-0.05, 0) is 19.3 Å². The van der Waals surface area contributed by atoms with E-state index in [-0.39, 0.29) is 11.9 Å². The molecule has 0 saturated heterocycles. The highest BCUT2D eigenvalue weighted by Crippen LogP contribution is 2.07. The minimum absolute atomic E-state index is 0.0760. The fourth-order valence-electron chi connectivity index (χ4n) is 2.04. The highest BCUT2D eigenvalue weighted by Gasteiger charge is 2.04. The monoisotopic (exact) mass is 253 g/mol. The van der Waals surface area contributed by atoms with E-state index in [2.05, 4.69) is 31.3 Å². The van der Waals surface area contributed by atoms with Crippen molar-refractivity contribution in [3.63, 3.8) is 0 Å². The maximum Gasteiger partial charge on any atom is 0.217 e. The lowest BCUT2D eigenvalue weighted by molar-refractivity contribution is -0.119. The van der Waals surface area contributed by atoms with Crippen LogP contribution in [0.2, 0.25) is 0 Å². The number of allylic oxidation sites excluding steroid dienone is 1. The number of unbranched alkanes of at least 4 members (excludes halogenated alkanes) is 6. The smallest absolute Gasteiger partial charge is 0.217 e. The molecular formula is C16H31NO. The Morgan fingerprint density at radius 1 is 1.06 bits per heavy atom. The molecule has 0 spiro atoms. The lowest BCUT2D eigenvalue weighted by Crippen LogP contribution is -2.31. The molecule has 0 heterocycles. The Bertz CT molecular complexity index is 223. The lowest BCUT2D eigenvalue weighted by atomic mass is 10.1. The third kappa shape index (κ3) is 11.7. The van der Waals surface area contributed by atoms with E-state index >= 15 is 0 Å². The Kier molecular flexibility index (Phi) is 12.1. The number of amides is 1. The van der Waals surface area contributed by atoms with Crippen LogP contribution >= 0.6 is 0 Å². The molecule has 1 unspecified atom stereocenters. The SMILES string of the molecule is CCCCCC/C=C\C(CCCCC)NC(C)=O. The molecule has 1 atom stereocenters. The van der Waals surface area contributed by atoms with Crippen LogP contribution in [0.4, 0.5) is 0 Å². The van der Waals surface area contributed by atoms with Crippen molar-refractivity contribution in [2.75, 3.05) is 0 Å². The summed E-state index contributed by atoms with van der Waals surface area (Å²) in [6.07, 6.45) is 15.5. The maximum atomic E-state index is 11.1. The van der Waals surface area contributed by atoms with Crippen LogP contribution in [0.1, 0.15) is 78.6 Å². The van der Waals surface area contributed by atoms with Gasteiger partial charge in [-0.3, -0.25) is 4.79 Å². The summed E-state index contributed by atoms with van der Waals surface area (Å²) in [6, 6.07) is 0.236. The van der Waals surface area contributed by atoms with Crippen LogP contribution in [0, 0.1) is 0 Å². The molecule has 2 heteroatoms. The summed E-state index contributed by atoms with van der Waals surface area (Å²) in [5, 5.41) is 3.02. The zero-order valence-corrected chi connectivity index (χ0v) is 12.5. The standard InChI is InChI=1S/C16H31NO/c1-4-6-8-9-10-12-14-16(17-15(3)18)13-11-7-5-2/h12,14,16H,4-11,13H2,1-3H3,(H,17,18)/b14-12-. The summed E-state index contributed by atoms with van der Waals surface area (Å²) < 4.78 is 0. The average Bonchev–Trinajstić information content (AvgIpc) is 2.33. The minimum atomic E-state index is 0.0760. The predicted molar refractivity (Wildman–Crippen MR) is 79.6 cm³/mol. The van der Waals surface area contributed by atoms with Gasteiger partial charge < -0.3 is 5.32 Å². The Balaban J connectivity index is 3.82. The summed E-state index contributed by atoms with van der Waals surface area (Å²) in [4.78, 5) is 11.1. The fraction of sp³-hybridized carbons (Fsp3) is 0.812. The van der Waals surface area contributed by atoms with Gasteiger partial charge in [0.15, 0.2) is 0 Å². The molecule has 1 amide bonds. The van der Waals surface area contributed by atoms with Gasteiger partial charge in [0.1, 0.15) is 0 Å². The van der Waals surface area contributed by atoms with Crippen molar-refractivity contribution in [3.05, 3.63) is 12.2 Å². The van der Waals surface area contributed by atoms with Crippen molar-refractivity contribution in [1.82, 2.24) is 5.32 Å². The van der Waals surface area contributed by atoms with Crippen molar-refractivity contribution >= 4 is 5.91 Å². The second-order valence-corrected chi connectivity index (χ2v) is 5.08. The molecule has 0 bridgehead atoms. The van der Waals surface area contributed by atoms with Crippen LogP contribution in [0.5, 0.6) is 0 Å². The molecule has 0 aromatic rings. The van der Waals surface area contributed by atoms with Crippen molar-refractivity contribution in [2.45, 2.75) is 84.6 Å². The average molecular weight is 253 g/mol. The molecule has 106 valence electrons. The molecule has 18 heavy (non-hydrogen) atoms. The van der Waals surface area contributed by atoms with E-state index in [0.29, 0.717) is 0 Å². The van der Waals surface area contributed by atoms with E-state index in [1.54, 1.807) is 6.92 Å². The van der Waals surface area contributed by atoms with E-state index in [1.165, 1.54) is 44.9 Å². The Morgan fingerprint density at radius 2 is 1.72 bits per heavy atom. The summed E-state index contributed by atoms with van der Waals surface area (Å²) in [5.41, 5.74) is 0. The van der Waals surface area contributed by atoms with Gasteiger partial charge >= 0.3 is 0 Å². The van der Waals surface area contributed by atoms with Crippen molar-refractivity contribution < 1.29 is 4.79 Å². The Morgan fingerprint density at radius 3 is 2.33 bits per heavy atom. The van der Waals surface area contributed by atoms with Gasteiger partial charge in [-0.1, -0.05) is 64.5 Å². The molecule has 0 aliphatic carbocycles. The zero-order chi connectivity index (χ0) is 13.6. The third-order valence-electron chi connectivity index (χ3n) is 3.10. The molecular weight excluding hydrogens is 222 g/mol. The molecule has 0 aromatic heterocycles. The minimum Gasteiger partial charge on any atom is -0.350 e. The number of nitrogens with one attached hydrogen (secondary N) is 1. The molecule has 0 aromatic carbocycles. The van der Waals surface area contributed by atoms with Crippen LogP contribution in [0.3, 0.4) is 0 Å². The first kappa shape index (κ1) is 17.2. The van der Waals surface area contributed by atoms with E-state index in [4.69, 9.17) is 0 Å². The number of hydrogen-bond donors (Lipinski definition) is 1. The molecule has 2 nitrogen and oxygen atoms in total. The van der Waals surface area contributed by atoms with Crippen LogP contribution in [-0.4, -0.2) is 11.9 Å². The van der Waals surface area contributed by atoms with Crippen LogP contribution in [-0.2, 0) is 4.79 Å². The van der Waals surface area contributed by atoms with E-state index in [9.17, 15) is 4.79 Å². The number of rotatable bonds is 11. The molecule has 1 N–H and O–H groups in total. The molecule has 0 saturated carbocycles. The Labute approximate surface area is 113 Å². The molecule has 0 fully saturated rings. The molecule has 0 rings (SSSR count). The Hall–Kier alpha value is -0.790. The predicted octanol–water partition coefficient (Wildman–Crippen LogP) is 4.60. The van der Waals surface area contributed by atoms with Crippen LogP contribution in [0.15, 0.2) is 12.2 Å². The third-order valence-corrected chi connectivity index (χ3v) is 3.10.